The zero-order valence-electron chi connectivity index (χ0n) is 11.2. The molecule has 0 heterocycles. The van der Waals surface area contributed by atoms with Crippen molar-refractivity contribution < 1.29 is 4.39 Å². The van der Waals surface area contributed by atoms with Crippen molar-refractivity contribution in [2.45, 2.75) is 20.3 Å². The van der Waals surface area contributed by atoms with Gasteiger partial charge in [-0.15, -0.1) is 0 Å². The summed E-state index contributed by atoms with van der Waals surface area (Å²) in [4.78, 5) is 6.23. The zero-order chi connectivity index (χ0) is 13.5. The molecule has 0 spiro atoms. The van der Waals surface area contributed by atoms with Crippen molar-refractivity contribution in [3.8, 4) is 0 Å². The predicted octanol–water partition coefficient (Wildman–Crippen LogP) is 4.16. The van der Waals surface area contributed by atoms with E-state index in [0.717, 1.165) is 23.5 Å². The smallest absolute Gasteiger partial charge is 0.123 e. The molecule has 0 N–H and O–H groups in total. The van der Waals surface area contributed by atoms with Crippen LogP contribution in [0.1, 0.15) is 20.3 Å². The van der Waals surface area contributed by atoms with E-state index in [0.29, 0.717) is 0 Å². The first-order chi connectivity index (χ1) is 8.50. The molecular formula is C15H19FN2. The van der Waals surface area contributed by atoms with Crippen LogP contribution < -0.4 is 4.90 Å². The molecule has 0 atom stereocenters. The van der Waals surface area contributed by atoms with Gasteiger partial charge in [-0.05, 0) is 44.5 Å². The summed E-state index contributed by atoms with van der Waals surface area (Å²) >= 11 is 0. The summed E-state index contributed by atoms with van der Waals surface area (Å²) in [7, 11) is 1.90. The summed E-state index contributed by atoms with van der Waals surface area (Å²) < 4.78 is 12.8. The Morgan fingerprint density at radius 1 is 1.33 bits per heavy atom. The molecule has 0 bridgehead atoms. The van der Waals surface area contributed by atoms with E-state index in [1.165, 1.54) is 12.1 Å². The highest BCUT2D eigenvalue weighted by Crippen LogP contribution is 2.13. The predicted molar refractivity (Wildman–Crippen MR) is 76.5 cm³/mol. The first-order valence-electron chi connectivity index (χ1n) is 5.84. The van der Waals surface area contributed by atoms with Crippen molar-refractivity contribution in [3.63, 3.8) is 0 Å². The molecule has 0 unspecified atom stereocenters. The molecule has 1 aromatic carbocycles. The van der Waals surface area contributed by atoms with Crippen LogP contribution in [-0.4, -0.2) is 12.9 Å². The number of benzene rings is 1. The standard InChI is InChI=1S/C15H19FN2/c1-12(2)6-5-11-17-13(3)18(4)15-9-7-14(16)8-10-15/h5,7-11H,1,6H2,2-4H3/b11-5+,17-13?. The Balaban J connectivity index is 2.68. The number of hydrogen-bond donors (Lipinski definition) is 0. The van der Waals surface area contributed by atoms with Gasteiger partial charge in [0.15, 0.2) is 0 Å². The van der Waals surface area contributed by atoms with Crippen molar-refractivity contribution in [2.24, 2.45) is 4.99 Å². The molecule has 0 aliphatic heterocycles. The van der Waals surface area contributed by atoms with E-state index in [2.05, 4.69) is 11.6 Å². The Bertz CT molecular complexity index is 458. The van der Waals surface area contributed by atoms with E-state index in [9.17, 15) is 4.39 Å². The quantitative estimate of drug-likeness (QED) is 0.442. The van der Waals surface area contributed by atoms with E-state index in [1.807, 2.05) is 31.9 Å². The largest absolute Gasteiger partial charge is 0.333 e. The van der Waals surface area contributed by atoms with Gasteiger partial charge in [0.2, 0.25) is 0 Å². The molecule has 0 amide bonds. The minimum atomic E-state index is -0.233. The lowest BCUT2D eigenvalue weighted by molar-refractivity contribution is 0.628. The number of allylic oxidation sites excluding steroid dienone is 2. The number of halogens is 1. The van der Waals surface area contributed by atoms with E-state index in [4.69, 9.17) is 0 Å². The van der Waals surface area contributed by atoms with Crippen molar-refractivity contribution in [1.29, 1.82) is 0 Å². The van der Waals surface area contributed by atoms with Crippen LogP contribution in [0.5, 0.6) is 0 Å². The number of hydrogen-bond acceptors (Lipinski definition) is 1. The van der Waals surface area contributed by atoms with Crippen molar-refractivity contribution >= 4 is 11.5 Å². The summed E-state index contributed by atoms with van der Waals surface area (Å²) in [6.07, 6.45) is 4.56. The molecule has 2 nitrogen and oxygen atoms in total. The van der Waals surface area contributed by atoms with Gasteiger partial charge in [-0.1, -0.05) is 18.2 Å². The molecule has 18 heavy (non-hydrogen) atoms. The highest BCUT2D eigenvalue weighted by Gasteiger charge is 2.02. The van der Waals surface area contributed by atoms with Crippen LogP contribution in [0.25, 0.3) is 0 Å². The Kier molecular flexibility index (Phi) is 5.31. The van der Waals surface area contributed by atoms with Crippen molar-refractivity contribution in [1.82, 2.24) is 0 Å². The van der Waals surface area contributed by atoms with Crippen LogP contribution >= 0.6 is 0 Å². The molecule has 0 saturated carbocycles. The molecule has 1 rings (SSSR count). The van der Waals surface area contributed by atoms with Gasteiger partial charge >= 0.3 is 0 Å². The second-order valence-corrected chi connectivity index (χ2v) is 4.26. The topological polar surface area (TPSA) is 15.6 Å². The van der Waals surface area contributed by atoms with Crippen LogP contribution in [0.4, 0.5) is 10.1 Å². The SMILES string of the molecule is C=C(C)C/C=C/N=C(C)N(C)c1ccc(F)cc1. The zero-order valence-corrected chi connectivity index (χ0v) is 11.2. The second kappa shape index (κ2) is 6.74. The third kappa shape index (κ3) is 4.53. The summed E-state index contributed by atoms with van der Waals surface area (Å²) in [6.45, 7) is 7.71. The highest BCUT2D eigenvalue weighted by molar-refractivity contribution is 5.95. The Morgan fingerprint density at radius 2 is 1.94 bits per heavy atom. The monoisotopic (exact) mass is 246 g/mol. The van der Waals surface area contributed by atoms with E-state index < -0.39 is 0 Å². The van der Waals surface area contributed by atoms with E-state index >= 15 is 0 Å². The number of anilines is 1. The van der Waals surface area contributed by atoms with Crippen LogP contribution in [-0.2, 0) is 0 Å². The molecule has 0 radical (unpaired) electrons. The summed E-state index contributed by atoms with van der Waals surface area (Å²) in [5, 5.41) is 0. The van der Waals surface area contributed by atoms with E-state index in [1.54, 1.807) is 18.3 Å². The molecule has 96 valence electrons. The maximum Gasteiger partial charge on any atom is 0.123 e. The van der Waals surface area contributed by atoms with Crippen LogP contribution in [0, 0.1) is 5.82 Å². The lowest BCUT2D eigenvalue weighted by atomic mass is 10.2. The van der Waals surface area contributed by atoms with Crippen LogP contribution in [0.2, 0.25) is 0 Å². The Morgan fingerprint density at radius 3 is 2.50 bits per heavy atom. The van der Waals surface area contributed by atoms with Gasteiger partial charge in [-0.3, -0.25) is 0 Å². The number of nitrogens with zero attached hydrogens (tertiary/aromatic N) is 2. The van der Waals surface area contributed by atoms with Crippen molar-refractivity contribution in [3.05, 3.63) is 54.5 Å². The maximum atomic E-state index is 12.8. The first kappa shape index (κ1) is 14.2. The average molecular weight is 246 g/mol. The first-order valence-corrected chi connectivity index (χ1v) is 5.84. The number of rotatable bonds is 4. The maximum absolute atomic E-state index is 12.8. The summed E-state index contributed by atoms with van der Waals surface area (Å²) in [5.41, 5.74) is 2.01. The second-order valence-electron chi connectivity index (χ2n) is 4.26. The van der Waals surface area contributed by atoms with Gasteiger partial charge in [0.05, 0.1) is 0 Å². The van der Waals surface area contributed by atoms with Crippen LogP contribution in [0.3, 0.4) is 0 Å². The minimum Gasteiger partial charge on any atom is -0.333 e. The molecule has 0 aromatic heterocycles. The van der Waals surface area contributed by atoms with E-state index in [-0.39, 0.29) is 5.82 Å². The molecule has 0 saturated heterocycles. The lowest BCUT2D eigenvalue weighted by Gasteiger charge is -2.18. The summed E-state index contributed by atoms with van der Waals surface area (Å²) in [6, 6.07) is 6.34. The van der Waals surface area contributed by atoms with Gasteiger partial charge < -0.3 is 4.90 Å². The molecule has 0 aliphatic carbocycles. The lowest BCUT2D eigenvalue weighted by Crippen LogP contribution is -2.22. The minimum absolute atomic E-state index is 0.233. The van der Waals surface area contributed by atoms with Crippen LogP contribution in [0.15, 0.2) is 53.7 Å². The molecular weight excluding hydrogens is 227 g/mol. The molecule has 3 heteroatoms. The third-order valence-electron chi connectivity index (χ3n) is 2.53. The molecule has 1 aromatic rings. The normalized spacial score (nSPS) is 11.9. The fourth-order valence-corrected chi connectivity index (χ4v) is 1.35. The van der Waals surface area contributed by atoms with Gasteiger partial charge in [0.25, 0.3) is 0 Å². The molecule has 0 aliphatic rings. The Hall–Kier alpha value is -1.90. The van der Waals surface area contributed by atoms with Gasteiger partial charge in [0.1, 0.15) is 11.7 Å². The average Bonchev–Trinajstić information content (AvgIpc) is 2.34. The van der Waals surface area contributed by atoms with Gasteiger partial charge in [0, 0.05) is 18.9 Å². The summed E-state index contributed by atoms with van der Waals surface area (Å²) in [5.74, 6) is 0.614. The molecule has 0 fully saturated rings. The fraction of sp³-hybridized carbons (Fsp3) is 0.267. The van der Waals surface area contributed by atoms with Crippen molar-refractivity contribution in [2.75, 3.05) is 11.9 Å². The van der Waals surface area contributed by atoms with Gasteiger partial charge in [-0.2, -0.15) is 0 Å². The number of amidine groups is 1. The third-order valence-corrected chi connectivity index (χ3v) is 2.53. The highest BCUT2D eigenvalue weighted by atomic mass is 19.1. The van der Waals surface area contributed by atoms with Gasteiger partial charge in [-0.25, -0.2) is 9.38 Å². The number of aliphatic imine (C=N–C) groups is 1. The fourth-order valence-electron chi connectivity index (χ4n) is 1.35. The Labute approximate surface area is 108 Å².